The molecule has 2 heterocycles. The molecule has 0 bridgehead atoms. The molecule has 0 aromatic heterocycles. The normalized spacial score (nSPS) is 36.3. The standard InChI is InChI=1S/C13H22O2/c1-2-4-6-10-14-13-9-7-11-15-12(13)8-5-3-1/h5,8,12-13H,1-4,6-7,9-11H2/b8-5+/t12-,13+/m1/s1. The van der Waals surface area contributed by atoms with Gasteiger partial charge in [-0.3, -0.25) is 0 Å². The third kappa shape index (κ3) is 3.62. The summed E-state index contributed by atoms with van der Waals surface area (Å²) < 4.78 is 11.6. The van der Waals surface area contributed by atoms with Crippen LogP contribution in [0.25, 0.3) is 0 Å². The Kier molecular flexibility index (Phi) is 4.68. The molecule has 2 aliphatic heterocycles. The Balaban J connectivity index is 1.91. The average molecular weight is 210 g/mol. The average Bonchev–Trinajstić information content (AvgIpc) is 2.32. The minimum atomic E-state index is 0.219. The summed E-state index contributed by atoms with van der Waals surface area (Å²) in [6, 6.07) is 0. The van der Waals surface area contributed by atoms with Crippen molar-refractivity contribution in [3.8, 4) is 0 Å². The van der Waals surface area contributed by atoms with Crippen molar-refractivity contribution in [2.45, 2.75) is 57.2 Å². The van der Waals surface area contributed by atoms with Gasteiger partial charge in [0.05, 0.1) is 6.10 Å². The van der Waals surface area contributed by atoms with E-state index in [1.165, 1.54) is 32.1 Å². The SMILES string of the molecule is C1=C/[C@H]2OCCC[C@@H]2OCCCCCC/1. The molecule has 2 heteroatoms. The first-order chi connectivity index (χ1) is 7.47. The van der Waals surface area contributed by atoms with Gasteiger partial charge < -0.3 is 9.47 Å². The number of allylic oxidation sites excluding steroid dienone is 1. The fourth-order valence-electron chi connectivity index (χ4n) is 2.32. The largest absolute Gasteiger partial charge is 0.375 e. The highest BCUT2D eigenvalue weighted by molar-refractivity contribution is 4.95. The third-order valence-electron chi connectivity index (χ3n) is 3.23. The number of hydrogen-bond acceptors (Lipinski definition) is 2. The lowest BCUT2D eigenvalue weighted by Crippen LogP contribution is -2.35. The molecular weight excluding hydrogens is 188 g/mol. The Morgan fingerprint density at radius 3 is 2.73 bits per heavy atom. The van der Waals surface area contributed by atoms with Gasteiger partial charge in [-0.1, -0.05) is 25.0 Å². The van der Waals surface area contributed by atoms with Crippen molar-refractivity contribution in [3.63, 3.8) is 0 Å². The van der Waals surface area contributed by atoms with Gasteiger partial charge in [0, 0.05) is 13.2 Å². The van der Waals surface area contributed by atoms with E-state index in [9.17, 15) is 0 Å². The van der Waals surface area contributed by atoms with Crippen LogP contribution in [0.4, 0.5) is 0 Å². The molecule has 0 saturated carbocycles. The van der Waals surface area contributed by atoms with Crippen molar-refractivity contribution in [1.29, 1.82) is 0 Å². The second-order valence-corrected chi connectivity index (χ2v) is 4.52. The summed E-state index contributed by atoms with van der Waals surface area (Å²) in [5.41, 5.74) is 0. The third-order valence-corrected chi connectivity index (χ3v) is 3.23. The van der Waals surface area contributed by atoms with Gasteiger partial charge in [-0.15, -0.1) is 0 Å². The molecule has 0 amide bonds. The molecule has 0 spiro atoms. The maximum atomic E-state index is 5.90. The Hall–Kier alpha value is -0.340. The van der Waals surface area contributed by atoms with Crippen molar-refractivity contribution in [2.75, 3.05) is 13.2 Å². The molecule has 0 N–H and O–H groups in total. The van der Waals surface area contributed by atoms with E-state index in [0.717, 1.165) is 26.1 Å². The van der Waals surface area contributed by atoms with Crippen LogP contribution in [-0.2, 0) is 9.47 Å². The first kappa shape index (κ1) is 11.2. The first-order valence-corrected chi connectivity index (χ1v) is 6.37. The lowest BCUT2D eigenvalue weighted by molar-refractivity contribution is -0.0850. The van der Waals surface area contributed by atoms with E-state index in [-0.39, 0.29) is 6.10 Å². The fourth-order valence-corrected chi connectivity index (χ4v) is 2.32. The van der Waals surface area contributed by atoms with Gasteiger partial charge in [-0.2, -0.15) is 0 Å². The van der Waals surface area contributed by atoms with Gasteiger partial charge in [0.15, 0.2) is 0 Å². The maximum absolute atomic E-state index is 5.90. The lowest BCUT2D eigenvalue weighted by atomic mass is 10.0. The second-order valence-electron chi connectivity index (χ2n) is 4.52. The first-order valence-electron chi connectivity index (χ1n) is 6.37. The van der Waals surface area contributed by atoms with Gasteiger partial charge in [-0.05, 0) is 32.1 Å². The zero-order valence-electron chi connectivity index (χ0n) is 9.49. The molecule has 0 radical (unpaired) electrons. The van der Waals surface area contributed by atoms with E-state index in [1.807, 2.05) is 0 Å². The van der Waals surface area contributed by atoms with Crippen LogP contribution in [0.3, 0.4) is 0 Å². The minimum absolute atomic E-state index is 0.219. The van der Waals surface area contributed by atoms with Gasteiger partial charge in [0.1, 0.15) is 6.10 Å². The van der Waals surface area contributed by atoms with Gasteiger partial charge in [0.2, 0.25) is 0 Å². The molecule has 0 aliphatic carbocycles. The molecule has 2 aliphatic rings. The van der Waals surface area contributed by atoms with Crippen molar-refractivity contribution in [2.24, 2.45) is 0 Å². The predicted octanol–water partition coefficient (Wildman–Crippen LogP) is 3.07. The molecule has 0 unspecified atom stereocenters. The molecule has 0 aromatic carbocycles. The number of hydrogen-bond donors (Lipinski definition) is 0. The maximum Gasteiger partial charge on any atom is 0.102 e. The van der Waals surface area contributed by atoms with Crippen molar-refractivity contribution in [3.05, 3.63) is 12.2 Å². The number of rotatable bonds is 0. The second kappa shape index (κ2) is 6.29. The Labute approximate surface area is 92.6 Å². The zero-order valence-corrected chi connectivity index (χ0v) is 9.49. The van der Waals surface area contributed by atoms with E-state index >= 15 is 0 Å². The van der Waals surface area contributed by atoms with E-state index in [4.69, 9.17) is 9.47 Å². The summed E-state index contributed by atoms with van der Waals surface area (Å²) in [6.07, 6.45) is 13.7. The summed E-state index contributed by atoms with van der Waals surface area (Å²) >= 11 is 0. The predicted molar refractivity (Wildman–Crippen MR) is 60.9 cm³/mol. The van der Waals surface area contributed by atoms with E-state index < -0.39 is 0 Å². The van der Waals surface area contributed by atoms with Crippen LogP contribution in [0.2, 0.25) is 0 Å². The van der Waals surface area contributed by atoms with Crippen molar-refractivity contribution < 1.29 is 9.47 Å². The van der Waals surface area contributed by atoms with Crippen LogP contribution in [0.15, 0.2) is 12.2 Å². The summed E-state index contributed by atoms with van der Waals surface area (Å²) in [5.74, 6) is 0. The van der Waals surface area contributed by atoms with Crippen LogP contribution in [0.5, 0.6) is 0 Å². The minimum Gasteiger partial charge on any atom is -0.375 e. The summed E-state index contributed by atoms with van der Waals surface area (Å²) in [4.78, 5) is 0. The molecule has 86 valence electrons. The van der Waals surface area contributed by atoms with Gasteiger partial charge >= 0.3 is 0 Å². The molecular formula is C13H22O2. The summed E-state index contributed by atoms with van der Waals surface area (Å²) in [6.45, 7) is 1.81. The molecule has 0 aromatic rings. The Morgan fingerprint density at radius 1 is 0.867 bits per heavy atom. The Bertz CT molecular complexity index is 201. The monoisotopic (exact) mass is 210 g/mol. The zero-order chi connectivity index (χ0) is 10.3. The van der Waals surface area contributed by atoms with E-state index in [0.29, 0.717) is 6.10 Å². The highest BCUT2D eigenvalue weighted by Gasteiger charge is 2.24. The molecule has 2 nitrogen and oxygen atoms in total. The van der Waals surface area contributed by atoms with Gasteiger partial charge in [-0.25, -0.2) is 0 Å². The van der Waals surface area contributed by atoms with Crippen LogP contribution >= 0.6 is 0 Å². The smallest absolute Gasteiger partial charge is 0.102 e. The lowest BCUT2D eigenvalue weighted by Gasteiger charge is -2.29. The summed E-state index contributed by atoms with van der Waals surface area (Å²) in [7, 11) is 0. The molecule has 1 fully saturated rings. The molecule has 2 rings (SSSR count). The van der Waals surface area contributed by atoms with Crippen LogP contribution < -0.4 is 0 Å². The Morgan fingerprint density at radius 2 is 1.73 bits per heavy atom. The van der Waals surface area contributed by atoms with Crippen molar-refractivity contribution >= 4 is 0 Å². The molecule has 1 saturated heterocycles. The van der Waals surface area contributed by atoms with E-state index in [2.05, 4.69) is 12.2 Å². The van der Waals surface area contributed by atoms with Crippen LogP contribution in [0, 0.1) is 0 Å². The highest BCUT2D eigenvalue weighted by atomic mass is 16.5. The van der Waals surface area contributed by atoms with Crippen LogP contribution in [-0.4, -0.2) is 25.4 Å². The number of ether oxygens (including phenoxy) is 2. The fraction of sp³-hybridized carbons (Fsp3) is 0.846. The highest BCUT2D eigenvalue weighted by Crippen LogP contribution is 2.20. The topological polar surface area (TPSA) is 18.5 Å². The van der Waals surface area contributed by atoms with E-state index in [1.54, 1.807) is 0 Å². The molecule has 15 heavy (non-hydrogen) atoms. The van der Waals surface area contributed by atoms with Crippen molar-refractivity contribution in [1.82, 2.24) is 0 Å². The van der Waals surface area contributed by atoms with Crippen LogP contribution in [0.1, 0.15) is 44.9 Å². The summed E-state index contributed by atoms with van der Waals surface area (Å²) in [5, 5.41) is 0. The quantitative estimate of drug-likeness (QED) is 0.572. The number of fused-ring (bicyclic) bond motifs is 1. The van der Waals surface area contributed by atoms with Gasteiger partial charge in [0.25, 0.3) is 0 Å². The molecule has 2 atom stereocenters.